The fourth-order valence-corrected chi connectivity index (χ4v) is 3.14. The van der Waals surface area contributed by atoms with E-state index in [9.17, 15) is 9.59 Å². The van der Waals surface area contributed by atoms with Crippen LogP contribution in [0.15, 0.2) is 51.7 Å². The smallest absolute Gasteiger partial charge is 0.408 e. The van der Waals surface area contributed by atoms with E-state index in [-0.39, 0.29) is 5.91 Å². The van der Waals surface area contributed by atoms with Crippen molar-refractivity contribution in [3.05, 3.63) is 69.7 Å². The Hall–Kier alpha value is -2.82. The number of benzene rings is 2. The van der Waals surface area contributed by atoms with Crippen LogP contribution in [0, 0.1) is 13.8 Å². The lowest BCUT2D eigenvalue weighted by atomic mass is 10.1. The van der Waals surface area contributed by atoms with Gasteiger partial charge in [0.15, 0.2) is 5.58 Å². The lowest BCUT2D eigenvalue weighted by Crippen LogP contribution is -2.35. The SMILES string of the molecule is Cc1ccc(CN(C)C(=O)C(C)n2c(=O)oc3ccccc32)c(C)c1. The number of aromatic nitrogens is 1. The molecule has 1 unspecified atom stereocenters. The minimum absolute atomic E-state index is 0.131. The number of para-hydroxylation sites is 2. The van der Waals surface area contributed by atoms with Crippen LogP contribution in [0.1, 0.15) is 29.7 Å². The number of amides is 1. The average Bonchev–Trinajstić information content (AvgIpc) is 2.91. The van der Waals surface area contributed by atoms with E-state index in [1.54, 1.807) is 37.1 Å². The van der Waals surface area contributed by atoms with Crippen LogP contribution < -0.4 is 5.76 Å². The van der Waals surface area contributed by atoms with E-state index in [1.165, 1.54) is 10.1 Å². The number of aryl methyl sites for hydroxylation is 2. The summed E-state index contributed by atoms with van der Waals surface area (Å²) in [6.45, 7) is 6.31. The van der Waals surface area contributed by atoms with E-state index >= 15 is 0 Å². The number of carbonyl (C=O) groups is 1. The number of carbonyl (C=O) groups excluding carboxylic acids is 1. The Bertz CT molecular complexity index is 984. The second-order valence-electron chi connectivity index (χ2n) is 6.51. The molecule has 0 bridgehead atoms. The maximum Gasteiger partial charge on any atom is 0.420 e. The van der Waals surface area contributed by atoms with Gasteiger partial charge >= 0.3 is 5.76 Å². The van der Waals surface area contributed by atoms with Gasteiger partial charge in [-0.1, -0.05) is 35.9 Å². The highest BCUT2D eigenvalue weighted by Gasteiger charge is 2.24. The number of hydrogen-bond donors (Lipinski definition) is 0. The molecule has 130 valence electrons. The number of hydrogen-bond acceptors (Lipinski definition) is 3. The summed E-state index contributed by atoms with van der Waals surface area (Å²) >= 11 is 0. The van der Waals surface area contributed by atoms with Crippen molar-refractivity contribution in [1.82, 2.24) is 9.47 Å². The zero-order valence-corrected chi connectivity index (χ0v) is 14.9. The molecule has 0 fully saturated rings. The van der Waals surface area contributed by atoms with Crippen LogP contribution in [-0.4, -0.2) is 22.4 Å². The van der Waals surface area contributed by atoms with Crippen LogP contribution in [0.4, 0.5) is 0 Å². The first kappa shape index (κ1) is 17.0. The number of nitrogens with zero attached hydrogens (tertiary/aromatic N) is 2. The molecule has 2 aromatic carbocycles. The Morgan fingerprint density at radius 2 is 1.92 bits per heavy atom. The molecule has 5 heteroatoms. The Balaban J connectivity index is 1.86. The molecule has 5 nitrogen and oxygen atoms in total. The van der Waals surface area contributed by atoms with Crippen molar-refractivity contribution in [3.8, 4) is 0 Å². The lowest BCUT2D eigenvalue weighted by molar-refractivity contribution is -0.133. The monoisotopic (exact) mass is 338 g/mol. The zero-order valence-electron chi connectivity index (χ0n) is 14.9. The van der Waals surface area contributed by atoms with Crippen molar-refractivity contribution < 1.29 is 9.21 Å². The minimum atomic E-state index is -0.632. The molecule has 25 heavy (non-hydrogen) atoms. The standard InChI is InChI=1S/C20H22N2O3/c1-13-9-10-16(14(2)11-13)12-21(4)19(23)15(3)22-17-7-5-6-8-18(17)25-20(22)24/h5-11,15H,12H2,1-4H3. The summed E-state index contributed by atoms with van der Waals surface area (Å²) in [5.41, 5.74) is 4.56. The minimum Gasteiger partial charge on any atom is -0.408 e. The van der Waals surface area contributed by atoms with Crippen LogP contribution in [0.2, 0.25) is 0 Å². The molecule has 3 rings (SSSR count). The third-order valence-electron chi connectivity index (χ3n) is 4.55. The lowest BCUT2D eigenvalue weighted by Gasteiger charge is -2.23. The van der Waals surface area contributed by atoms with Crippen LogP contribution in [-0.2, 0) is 11.3 Å². The molecule has 0 saturated carbocycles. The fraction of sp³-hybridized carbons (Fsp3) is 0.300. The number of fused-ring (bicyclic) bond motifs is 1. The predicted molar refractivity (Wildman–Crippen MR) is 97.6 cm³/mol. The van der Waals surface area contributed by atoms with Crippen molar-refractivity contribution in [1.29, 1.82) is 0 Å². The molecule has 0 radical (unpaired) electrons. The Kier molecular flexibility index (Phi) is 4.49. The first-order valence-electron chi connectivity index (χ1n) is 8.29. The highest BCUT2D eigenvalue weighted by atomic mass is 16.4. The second-order valence-corrected chi connectivity index (χ2v) is 6.51. The van der Waals surface area contributed by atoms with Crippen molar-refractivity contribution in [3.63, 3.8) is 0 Å². The molecule has 1 heterocycles. The summed E-state index contributed by atoms with van der Waals surface area (Å²) in [7, 11) is 1.76. The van der Waals surface area contributed by atoms with Crippen LogP contribution >= 0.6 is 0 Å². The number of likely N-dealkylation sites (N-methyl/N-ethyl adjacent to an activating group) is 1. The Labute approximate surface area is 146 Å². The first-order chi connectivity index (χ1) is 11.9. The second kappa shape index (κ2) is 6.59. The van der Waals surface area contributed by atoms with Gasteiger partial charge in [0.1, 0.15) is 6.04 Å². The number of oxazole rings is 1. The topological polar surface area (TPSA) is 55.5 Å². The van der Waals surface area contributed by atoms with E-state index in [0.29, 0.717) is 17.6 Å². The molecule has 1 atom stereocenters. The highest BCUT2D eigenvalue weighted by molar-refractivity contribution is 5.82. The maximum absolute atomic E-state index is 12.8. The summed E-state index contributed by atoms with van der Waals surface area (Å²) in [5.74, 6) is -0.643. The number of rotatable bonds is 4. The summed E-state index contributed by atoms with van der Waals surface area (Å²) < 4.78 is 6.65. The van der Waals surface area contributed by atoms with E-state index in [1.807, 2.05) is 32.0 Å². The molecule has 0 N–H and O–H groups in total. The summed E-state index contributed by atoms with van der Waals surface area (Å²) in [6.07, 6.45) is 0. The molecule has 0 aliphatic rings. The molecule has 1 amide bonds. The van der Waals surface area contributed by atoms with Gasteiger partial charge in [-0.2, -0.15) is 0 Å². The van der Waals surface area contributed by atoms with Gasteiger partial charge in [0.05, 0.1) is 5.52 Å². The average molecular weight is 338 g/mol. The van der Waals surface area contributed by atoms with Gasteiger partial charge < -0.3 is 9.32 Å². The fourth-order valence-electron chi connectivity index (χ4n) is 3.14. The van der Waals surface area contributed by atoms with Crippen molar-refractivity contribution in [2.75, 3.05) is 7.05 Å². The Morgan fingerprint density at radius 1 is 1.20 bits per heavy atom. The van der Waals surface area contributed by atoms with Crippen molar-refractivity contribution >= 4 is 17.0 Å². The summed E-state index contributed by atoms with van der Waals surface area (Å²) in [4.78, 5) is 26.7. The Morgan fingerprint density at radius 3 is 2.64 bits per heavy atom. The third-order valence-corrected chi connectivity index (χ3v) is 4.55. The van der Waals surface area contributed by atoms with Gasteiger partial charge in [-0.25, -0.2) is 4.79 Å². The van der Waals surface area contributed by atoms with Gasteiger partial charge in [-0.3, -0.25) is 9.36 Å². The molecular weight excluding hydrogens is 316 g/mol. The van der Waals surface area contributed by atoms with Gasteiger partial charge in [0, 0.05) is 13.6 Å². The van der Waals surface area contributed by atoms with E-state index in [0.717, 1.165) is 11.1 Å². The first-order valence-corrected chi connectivity index (χ1v) is 8.29. The molecular formula is C20H22N2O3. The van der Waals surface area contributed by atoms with Crippen LogP contribution in [0.5, 0.6) is 0 Å². The molecule has 0 aliphatic carbocycles. The normalized spacial score (nSPS) is 12.3. The predicted octanol–water partition coefficient (Wildman–Crippen LogP) is 3.43. The molecule has 0 spiro atoms. The maximum atomic E-state index is 12.8. The summed E-state index contributed by atoms with van der Waals surface area (Å²) in [5, 5.41) is 0. The third kappa shape index (κ3) is 3.22. The largest absolute Gasteiger partial charge is 0.420 e. The van der Waals surface area contributed by atoms with E-state index in [4.69, 9.17) is 4.42 Å². The van der Waals surface area contributed by atoms with Crippen LogP contribution in [0.3, 0.4) is 0 Å². The molecule has 0 aliphatic heterocycles. The molecule has 0 saturated heterocycles. The zero-order chi connectivity index (χ0) is 18.1. The van der Waals surface area contributed by atoms with E-state index < -0.39 is 11.8 Å². The van der Waals surface area contributed by atoms with Crippen LogP contribution in [0.25, 0.3) is 11.1 Å². The van der Waals surface area contributed by atoms with Crippen molar-refractivity contribution in [2.45, 2.75) is 33.4 Å². The van der Waals surface area contributed by atoms with Crippen molar-refractivity contribution in [2.24, 2.45) is 0 Å². The molecule has 1 aromatic heterocycles. The molecule has 3 aromatic rings. The summed E-state index contributed by atoms with van der Waals surface area (Å²) in [6, 6.07) is 12.7. The quantitative estimate of drug-likeness (QED) is 0.732. The van der Waals surface area contributed by atoms with Gasteiger partial charge in [-0.15, -0.1) is 0 Å². The highest BCUT2D eigenvalue weighted by Crippen LogP contribution is 2.19. The van der Waals surface area contributed by atoms with Gasteiger partial charge in [-0.05, 0) is 44.0 Å². The van der Waals surface area contributed by atoms with E-state index in [2.05, 4.69) is 6.07 Å². The van der Waals surface area contributed by atoms with Gasteiger partial charge in [0.25, 0.3) is 0 Å². The van der Waals surface area contributed by atoms with Gasteiger partial charge in [0.2, 0.25) is 5.91 Å².